The minimum Gasteiger partial charge on any atom is -0.481 e. The van der Waals surface area contributed by atoms with Gasteiger partial charge in [0.2, 0.25) is 0 Å². The summed E-state index contributed by atoms with van der Waals surface area (Å²) in [6.45, 7) is 2.80. The van der Waals surface area contributed by atoms with E-state index in [4.69, 9.17) is 4.74 Å². The topological polar surface area (TPSA) is 62.7 Å². The Bertz CT molecular complexity index is 633. The lowest BCUT2D eigenvalue weighted by Crippen LogP contribution is -2.40. The number of benzene rings is 1. The summed E-state index contributed by atoms with van der Waals surface area (Å²) in [7, 11) is 0. The summed E-state index contributed by atoms with van der Waals surface area (Å²) in [6.07, 6.45) is 3.69. The molecule has 2 heterocycles. The van der Waals surface area contributed by atoms with Crippen LogP contribution in [0.4, 0.5) is 0 Å². The van der Waals surface area contributed by atoms with Crippen molar-refractivity contribution < 1.29 is 14.6 Å². The van der Waals surface area contributed by atoms with Crippen molar-refractivity contribution in [1.29, 1.82) is 0 Å². The molecular formula is C16H18N2O3. The third-order valence-corrected chi connectivity index (χ3v) is 3.91. The quantitative estimate of drug-likeness (QED) is 0.932. The van der Waals surface area contributed by atoms with Crippen LogP contribution >= 0.6 is 0 Å². The lowest BCUT2D eigenvalue weighted by molar-refractivity contribution is -0.139. The molecule has 0 bridgehead atoms. The van der Waals surface area contributed by atoms with Gasteiger partial charge in [-0.25, -0.2) is 0 Å². The standard InChI is InChI=1S/C16H18N2O3/c19-16(20)9-15(18-5-7-21-8-6-18)14-11-17-10-12-3-1-2-4-13(12)14/h1-4,10-11,15H,5-9H2,(H,19,20). The second-order valence-electron chi connectivity index (χ2n) is 5.21. The zero-order valence-electron chi connectivity index (χ0n) is 11.7. The Hall–Kier alpha value is -1.98. The molecule has 5 heteroatoms. The second kappa shape index (κ2) is 6.20. The average Bonchev–Trinajstić information content (AvgIpc) is 2.53. The van der Waals surface area contributed by atoms with Crippen molar-refractivity contribution in [2.24, 2.45) is 0 Å². The first-order valence-electron chi connectivity index (χ1n) is 7.12. The average molecular weight is 286 g/mol. The zero-order valence-corrected chi connectivity index (χ0v) is 11.7. The van der Waals surface area contributed by atoms with Crippen LogP contribution in [0.1, 0.15) is 18.0 Å². The van der Waals surface area contributed by atoms with Crippen LogP contribution in [0.2, 0.25) is 0 Å². The summed E-state index contributed by atoms with van der Waals surface area (Å²) < 4.78 is 5.37. The molecule has 1 unspecified atom stereocenters. The number of ether oxygens (including phenoxy) is 1. The van der Waals surface area contributed by atoms with Crippen LogP contribution in [0, 0.1) is 0 Å². The van der Waals surface area contributed by atoms with Crippen LogP contribution in [-0.2, 0) is 9.53 Å². The molecule has 0 spiro atoms. The Balaban J connectivity index is 2.02. The van der Waals surface area contributed by atoms with E-state index in [1.54, 1.807) is 6.20 Å². The number of fused-ring (bicyclic) bond motifs is 1. The number of carboxylic acid groups (broad SMARTS) is 1. The van der Waals surface area contributed by atoms with E-state index in [-0.39, 0.29) is 12.5 Å². The summed E-state index contributed by atoms with van der Waals surface area (Å²) >= 11 is 0. The lowest BCUT2D eigenvalue weighted by Gasteiger charge is -2.34. The number of aliphatic carboxylic acids is 1. The van der Waals surface area contributed by atoms with Gasteiger partial charge in [0.15, 0.2) is 0 Å². The third-order valence-electron chi connectivity index (χ3n) is 3.91. The maximum absolute atomic E-state index is 11.3. The van der Waals surface area contributed by atoms with Crippen molar-refractivity contribution in [2.75, 3.05) is 26.3 Å². The van der Waals surface area contributed by atoms with Crippen molar-refractivity contribution >= 4 is 16.7 Å². The first kappa shape index (κ1) is 14.0. The summed E-state index contributed by atoms with van der Waals surface area (Å²) in [4.78, 5) is 17.8. The maximum Gasteiger partial charge on any atom is 0.305 e. The molecule has 1 saturated heterocycles. The lowest BCUT2D eigenvalue weighted by atomic mass is 9.97. The van der Waals surface area contributed by atoms with Gasteiger partial charge in [0.1, 0.15) is 0 Å². The predicted octanol–water partition coefficient (Wildman–Crippen LogP) is 2.08. The largest absolute Gasteiger partial charge is 0.481 e. The number of rotatable bonds is 4. The highest BCUT2D eigenvalue weighted by molar-refractivity contribution is 5.85. The van der Waals surface area contributed by atoms with Crippen LogP contribution in [0.3, 0.4) is 0 Å². The molecule has 0 amide bonds. The number of morpholine rings is 1. The van der Waals surface area contributed by atoms with Gasteiger partial charge in [0, 0.05) is 36.9 Å². The van der Waals surface area contributed by atoms with E-state index in [1.165, 1.54) is 0 Å². The van der Waals surface area contributed by atoms with Gasteiger partial charge in [-0.15, -0.1) is 0 Å². The smallest absolute Gasteiger partial charge is 0.305 e. The van der Waals surface area contributed by atoms with E-state index in [9.17, 15) is 9.90 Å². The highest BCUT2D eigenvalue weighted by atomic mass is 16.5. The fourth-order valence-electron chi connectivity index (χ4n) is 2.90. The van der Waals surface area contributed by atoms with Crippen LogP contribution in [0.15, 0.2) is 36.7 Å². The van der Waals surface area contributed by atoms with Gasteiger partial charge in [0.25, 0.3) is 0 Å². The summed E-state index contributed by atoms with van der Waals surface area (Å²) in [5, 5.41) is 11.4. The third kappa shape index (κ3) is 3.04. The second-order valence-corrected chi connectivity index (χ2v) is 5.21. The Morgan fingerprint density at radius 1 is 1.29 bits per heavy atom. The number of carbonyl (C=O) groups is 1. The normalized spacial score (nSPS) is 17.7. The molecule has 21 heavy (non-hydrogen) atoms. The summed E-state index contributed by atoms with van der Waals surface area (Å²) in [6, 6.07) is 7.81. The monoisotopic (exact) mass is 286 g/mol. The fourth-order valence-corrected chi connectivity index (χ4v) is 2.90. The highest BCUT2D eigenvalue weighted by Crippen LogP contribution is 2.30. The molecule has 1 aromatic carbocycles. The van der Waals surface area contributed by atoms with Gasteiger partial charge >= 0.3 is 5.97 Å². The van der Waals surface area contributed by atoms with Crippen molar-refractivity contribution in [3.63, 3.8) is 0 Å². The number of nitrogens with zero attached hydrogens (tertiary/aromatic N) is 2. The Kier molecular flexibility index (Phi) is 4.13. The van der Waals surface area contributed by atoms with Gasteiger partial charge in [-0.3, -0.25) is 14.7 Å². The summed E-state index contributed by atoms with van der Waals surface area (Å²) in [5.41, 5.74) is 0.984. The summed E-state index contributed by atoms with van der Waals surface area (Å²) in [5.74, 6) is -0.792. The highest BCUT2D eigenvalue weighted by Gasteiger charge is 2.26. The van der Waals surface area contributed by atoms with Crippen molar-refractivity contribution in [1.82, 2.24) is 9.88 Å². The van der Waals surface area contributed by atoms with Crippen molar-refractivity contribution in [3.8, 4) is 0 Å². The van der Waals surface area contributed by atoms with E-state index in [0.29, 0.717) is 13.2 Å². The van der Waals surface area contributed by atoms with Gasteiger partial charge in [-0.05, 0) is 10.9 Å². The molecule has 0 aliphatic carbocycles. The van der Waals surface area contributed by atoms with Crippen molar-refractivity contribution in [3.05, 3.63) is 42.2 Å². The van der Waals surface area contributed by atoms with Crippen LogP contribution < -0.4 is 0 Å². The van der Waals surface area contributed by atoms with Gasteiger partial charge in [-0.1, -0.05) is 24.3 Å². The molecule has 5 nitrogen and oxygen atoms in total. The minimum atomic E-state index is -0.792. The van der Waals surface area contributed by atoms with Gasteiger partial charge in [0.05, 0.1) is 19.6 Å². The number of hydrogen-bond acceptors (Lipinski definition) is 4. The molecule has 1 aliphatic heterocycles. The molecule has 0 radical (unpaired) electrons. The molecule has 1 aliphatic rings. The fraction of sp³-hybridized carbons (Fsp3) is 0.375. The molecule has 2 aromatic rings. The van der Waals surface area contributed by atoms with Crippen LogP contribution in [-0.4, -0.2) is 47.3 Å². The number of pyridine rings is 1. The van der Waals surface area contributed by atoms with E-state index >= 15 is 0 Å². The van der Waals surface area contributed by atoms with E-state index < -0.39 is 5.97 Å². The molecule has 3 rings (SSSR count). The first-order valence-corrected chi connectivity index (χ1v) is 7.12. The Labute approximate surface area is 123 Å². The Morgan fingerprint density at radius 2 is 2.05 bits per heavy atom. The molecular weight excluding hydrogens is 268 g/mol. The van der Waals surface area contributed by atoms with Gasteiger partial charge < -0.3 is 9.84 Å². The first-order chi connectivity index (χ1) is 10.3. The molecule has 1 N–H and O–H groups in total. The SMILES string of the molecule is O=C(O)CC(c1cncc2ccccc12)N1CCOCC1. The maximum atomic E-state index is 11.3. The Morgan fingerprint density at radius 3 is 2.81 bits per heavy atom. The molecule has 0 saturated carbocycles. The number of hydrogen-bond donors (Lipinski definition) is 1. The number of carboxylic acids is 1. The van der Waals surface area contributed by atoms with Gasteiger partial charge in [-0.2, -0.15) is 0 Å². The predicted molar refractivity (Wildman–Crippen MR) is 79.1 cm³/mol. The molecule has 110 valence electrons. The minimum absolute atomic E-state index is 0.0791. The zero-order chi connectivity index (χ0) is 14.7. The van der Waals surface area contributed by atoms with Crippen LogP contribution in [0.5, 0.6) is 0 Å². The van der Waals surface area contributed by atoms with Crippen molar-refractivity contribution in [2.45, 2.75) is 12.5 Å². The molecule has 1 fully saturated rings. The van der Waals surface area contributed by atoms with E-state index in [0.717, 1.165) is 29.4 Å². The number of aromatic nitrogens is 1. The molecule has 1 atom stereocenters. The molecule has 1 aromatic heterocycles. The van der Waals surface area contributed by atoms with E-state index in [1.807, 2.05) is 30.5 Å². The van der Waals surface area contributed by atoms with Crippen LogP contribution in [0.25, 0.3) is 10.8 Å². The van der Waals surface area contributed by atoms with E-state index in [2.05, 4.69) is 9.88 Å².